The van der Waals surface area contributed by atoms with Crippen LogP contribution in [0.15, 0.2) is 48.5 Å². The summed E-state index contributed by atoms with van der Waals surface area (Å²) < 4.78 is 40.0. The first-order chi connectivity index (χ1) is 11.3. The Morgan fingerprint density at radius 2 is 1.71 bits per heavy atom. The number of hydrogen-bond acceptors (Lipinski definition) is 3. The number of ether oxygens (including phenoxy) is 1. The lowest BCUT2D eigenvalue weighted by atomic mass is 10.1. The molecule has 0 radical (unpaired) electrons. The third kappa shape index (κ3) is 4.74. The maximum Gasteiger partial charge on any atom is 0.573 e. The molecule has 1 amide bonds. The van der Waals surface area contributed by atoms with Crippen LogP contribution in [0.4, 0.5) is 13.2 Å². The van der Waals surface area contributed by atoms with Crippen LogP contribution >= 0.6 is 0 Å². The van der Waals surface area contributed by atoms with Gasteiger partial charge in [0.05, 0.1) is 17.7 Å². The summed E-state index contributed by atoms with van der Waals surface area (Å²) in [5, 5.41) is 11.5. The molecule has 24 heavy (non-hydrogen) atoms. The van der Waals surface area contributed by atoms with Gasteiger partial charge in [0, 0.05) is 5.56 Å². The zero-order valence-electron chi connectivity index (χ0n) is 12.6. The van der Waals surface area contributed by atoms with Crippen molar-refractivity contribution < 1.29 is 22.7 Å². The van der Waals surface area contributed by atoms with Crippen molar-refractivity contribution in [3.8, 4) is 11.8 Å². The number of hydrogen-bond donors (Lipinski definition) is 1. The SMILES string of the molecule is CC(NC(=O)c1ccc(OC(F)(F)F)cc1)c1ccc(C#N)cc1. The molecule has 4 nitrogen and oxygen atoms in total. The maximum atomic E-state index is 12.1. The van der Waals surface area contributed by atoms with Gasteiger partial charge in [-0.05, 0) is 48.9 Å². The molecule has 0 aliphatic heterocycles. The summed E-state index contributed by atoms with van der Waals surface area (Å²) in [6.07, 6.45) is -4.77. The van der Waals surface area contributed by atoms with Crippen molar-refractivity contribution in [2.45, 2.75) is 19.3 Å². The second-order valence-electron chi connectivity index (χ2n) is 5.00. The Morgan fingerprint density at radius 3 is 2.21 bits per heavy atom. The Balaban J connectivity index is 2.02. The molecule has 2 rings (SSSR count). The smallest absolute Gasteiger partial charge is 0.406 e. The van der Waals surface area contributed by atoms with Gasteiger partial charge in [0.15, 0.2) is 0 Å². The van der Waals surface area contributed by atoms with E-state index in [2.05, 4.69) is 10.1 Å². The molecule has 7 heteroatoms. The van der Waals surface area contributed by atoms with E-state index >= 15 is 0 Å². The van der Waals surface area contributed by atoms with Gasteiger partial charge in [-0.15, -0.1) is 13.2 Å². The Labute approximate surface area is 136 Å². The fourth-order valence-electron chi connectivity index (χ4n) is 2.02. The van der Waals surface area contributed by atoms with Gasteiger partial charge >= 0.3 is 6.36 Å². The van der Waals surface area contributed by atoms with Crippen molar-refractivity contribution in [1.82, 2.24) is 5.32 Å². The van der Waals surface area contributed by atoms with Gasteiger partial charge in [0.2, 0.25) is 0 Å². The predicted octanol–water partition coefficient (Wildman–Crippen LogP) is 3.95. The standard InChI is InChI=1S/C17H13F3N2O2/c1-11(13-4-2-12(10-21)3-5-13)22-16(23)14-6-8-15(9-7-14)24-17(18,19)20/h2-9,11H,1H3,(H,22,23). The lowest BCUT2D eigenvalue weighted by molar-refractivity contribution is -0.274. The van der Waals surface area contributed by atoms with Gasteiger partial charge in [-0.2, -0.15) is 5.26 Å². The summed E-state index contributed by atoms with van der Waals surface area (Å²) >= 11 is 0. The van der Waals surface area contributed by atoms with Crippen molar-refractivity contribution in [2.75, 3.05) is 0 Å². The topological polar surface area (TPSA) is 62.1 Å². The molecule has 0 aromatic heterocycles. The molecule has 0 bridgehead atoms. The first-order valence-electron chi connectivity index (χ1n) is 6.95. The molecular weight excluding hydrogens is 321 g/mol. The monoisotopic (exact) mass is 334 g/mol. The van der Waals surface area contributed by atoms with Gasteiger partial charge in [0.25, 0.3) is 5.91 Å². The predicted molar refractivity (Wildman–Crippen MR) is 80.2 cm³/mol. The van der Waals surface area contributed by atoms with Crippen molar-refractivity contribution in [1.29, 1.82) is 5.26 Å². The highest BCUT2D eigenvalue weighted by Gasteiger charge is 2.31. The highest BCUT2D eigenvalue weighted by atomic mass is 19.4. The van der Waals surface area contributed by atoms with Crippen LogP contribution in [0.5, 0.6) is 5.75 Å². The van der Waals surface area contributed by atoms with Crippen LogP contribution in [0.25, 0.3) is 0 Å². The summed E-state index contributed by atoms with van der Waals surface area (Å²) in [6, 6.07) is 13.1. The van der Waals surface area contributed by atoms with Crippen LogP contribution in [0.3, 0.4) is 0 Å². The Hall–Kier alpha value is -3.01. The van der Waals surface area contributed by atoms with E-state index < -0.39 is 12.3 Å². The van der Waals surface area contributed by atoms with E-state index in [9.17, 15) is 18.0 Å². The Kier molecular flexibility index (Phi) is 5.09. The van der Waals surface area contributed by atoms with Crippen LogP contribution in [0.1, 0.15) is 34.5 Å². The normalized spacial score (nSPS) is 12.1. The average molecular weight is 334 g/mol. The summed E-state index contributed by atoms with van der Waals surface area (Å²) in [4.78, 5) is 12.1. The van der Waals surface area contributed by atoms with Crippen molar-refractivity contribution in [3.63, 3.8) is 0 Å². The van der Waals surface area contributed by atoms with Gasteiger partial charge < -0.3 is 10.1 Å². The van der Waals surface area contributed by atoms with E-state index in [1.165, 1.54) is 12.1 Å². The number of rotatable bonds is 4. The molecule has 0 aliphatic rings. The van der Waals surface area contributed by atoms with Crippen LogP contribution < -0.4 is 10.1 Å². The van der Waals surface area contributed by atoms with Crippen LogP contribution in [0.2, 0.25) is 0 Å². The summed E-state index contributed by atoms with van der Waals surface area (Å²) in [7, 11) is 0. The molecule has 0 aliphatic carbocycles. The summed E-state index contributed by atoms with van der Waals surface area (Å²) in [6.45, 7) is 1.76. The van der Waals surface area contributed by atoms with Crippen molar-refractivity contribution in [2.24, 2.45) is 0 Å². The van der Waals surface area contributed by atoms with Gasteiger partial charge in [-0.1, -0.05) is 12.1 Å². The first-order valence-corrected chi connectivity index (χ1v) is 6.95. The highest BCUT2D eigenvalue weighted by Crippen LogP contribution is 2.23. The molecule has 1 N–H and O–H groups in total. The van der Waals surface area contributed by atoms with Crippen LogP contribution in [0, 0.1) is 11.3 Å². The quantitative estimate of drug-likeness (QED) is 0.921. The number of alkyl halides is 3. The number of carbonyl (C=O) groups is 1. The number of nitriles is 1. The molecular formula is C17H13F3N2O2. The number of carbonyl (C=O) groups excluding carboxylic acids is 1. The molecule has 0 saturated heterocycles. The van der Waals surface area contributed by atoms with Gasteiger partial charge in [0.1, 0.15) is 5.75 Å². The molecule has 1 atom stereocenters. The van der Waals surface area contributed by atoms with E-state index in [0.717, 1.165) is 17.7 Å². The third-order valence-corrected chi connectivity index (χ3v) is 3.24. The Morgan fingerprint density at radius 1 is 1.12 bits per heavy atom. The van der Waals surface area contributed by atoms with Crippen molar-refractivity contribution in [3.05, 3.63) is 65.2 Å². The minimum absolute atomic E-state index is 0.213. The fraction of sp³-hybridized carbons (Fsp3) is 0.176. The lowest BCUT2D eigenvalue weighted by Crippen LogP contribution is -2.26. The van der Waals surface area contributed by atoms with E-state index in [1.807, 2.05) is 6.07 Å². The molecule has 124 valence electrons. The fourth-order valence-corrected chi connectivity index (χ4v) is 2.02. The average Bonchev–Trinajstić information content (AvgIpc) is 2.54. The zero-order valence-corrected chi connectivity index (χ0v) is 12.6. The Bertz CT molecular complexity index is 747. The van der Waals surface area contributed by atoms with Crippen LogP contribution in [-0.2, 0) is 0 Å². The highest BCUT2D eigenvalue weighted by molar-refractivity contribution is 5.94. The minimum Gasteiger partial charge on any atom is -0.406 e. The van der Waals surface area contributed by atoms with Crippen LogP contribution in [-0.4, -0.2) is 12.3 Å². The summed E-state index contributed by atoms with van der Waals surface area (Å²) in [5.41, 5.74) is 1.53. The third-order valence-electron chi connectivity index (χ3n) is 3.24. The van der Waals surface area contributed by atoms with E-state index in [0.29, 0.717) is 5.56 Å². The summed E-state index contributed by atoms with van der Waals surface area (Å²) in [5.74, 6) is -0.815. The largest absolute Gasteiger partial charge is 0.573 e. The van der Waals surface area contributed by atoms with E-state index in [1.54, 1.807) is 31.2 Å². The van der Waals surface area contributed by atoms with Gasteiger partial charge in [-0.25, -0.2) is 0 Å². The molecule has 0 heterocycles. The molecule has 0 fully saturated rings. The second-order valence-corrected chi connectivity index (χ2v) is 5.00. The van der Waals surface area contributed by atoms with Crippen molar-refractivity contribution >= 4 is 5.91 Å². The number of amides is 1. The molecule has 2 aromatic carbocycles. The number of benzene rings is 2. The molecule has 0 spiro atoms. The molecule has 0 saturated carbocycles. The second kappa shape index (κ2) is 7.04. The van der Waals surface area contributed by atoms with E-state index in [4.69, 9.17) is 5.26 Å². The number of halogens is 3. The number of nitrogens with one attached hydrogen (secondary N) is 1. The van der Waals surface area contributed by atoms with Gasteiger partial charge in [-0.3, -0.25) is 4.79 Å². The minimum atomic E-state index is -4.77. The molecule has 2 aromatic rings. The zero-order chi connectivity index (χ0) is 17.7. The maximum absolute atomic E-state index is 12.1. The van der Waals surface area contributed by atoms with E-state index in [-0.39, 0.29) is 17.4 Å². The lowest BCUT2D eigenvalue weighted by Gasteiger charge is -2.15. The molecule has 1 unspecified atom stereocenters. The number of nitrogens with zero attached hydrogens (tertiary/aromatic N) is 1. The first kappa shape index (κ1) is 17.3.